The average molecular weight is 393 g/mol. The van der Waals surface area contributed by atoms with Crippen molar-refractivity contribution in [2.45, 2.75) is 32.1 Å². The highest BCUT2D eigenvalue weighted by Gasteiger charge is 2.32. The number of hydrogen-bond donors (Lipinski definition) is 1. The van der Waals surface area contributed by atoms with Crippen molar-refractivity contribution in [2.24, 2.45) is 0 Å². The highest BCUT2D eigenvalue weighted by Crippen LogP contribution is 2.46. The first-order valence-electron chi connectivity index (χ1n) is 8.34. The van der Waals surface area contributed by atoms with Crippen LogP contribution < -0.4 is 5.32 Å². The first-order chi connectivity index (χ1) is 12.6. The largest absolute Gasteiger partial charge is 0.462 e. The summed E-state index contributed by atoms with van der Waals surface area (Å²) >= 11 is 2.75. The van der Waals surface area contributed by atoms with E-state index in [4.69, 9.17) is 9.47 Å². The van der Waals surface area contributed by atoms with Crippen molar-refractivity contribution in [3.05, 3.63) is 38.9 Å². The highest BCUT2D eigenvalue weighted by molar-refractivity contribution is 7.15. The summed E-state index contributed by atoms with van der Waals surface area (Å²) in [6.07, 6.45) is 2.22. The van der Waals surface area contributed by atoms with Crippen LogP contribution in [0.4, 0.5) is 5.00 Å². The Bertz CT molecular complexity index is 793. The molecule has 0 spiro atoms. The van der Waals surface area contributed by atoms with Crippen molar-refractivity contribution in [1.29, 1.82) is 0 Å². The molecule has 1 amide bonds. The maximum atomic E-state index is 12.3. The Kier molecular flexibility index (Phi) is 6.05. The van der Waals surface area contributed by atoms with Gasteiger partial charge in [-0.3, -0.25) is 9.59 Å². The molecule has 0 saturated heterocycles. The van der Waals surface area contributed by atoms with Crippen LogP contribution in [0.5, 0.6) is 0 Å². The Morgan fingerprint density at radius 2 is 2.04 bits per heavy atom. The predicted octanol–water partition coefficient (Wildman–Crippen LogP) is 3.59. The second kappa shape index (κ2) is 8.46. The molecule has 2 heterocycles. The predicted molar refractivity (Wildman–Crippen MR) is 99.9 cm³/mol. The summed E-state index contributed by atoms with van der Waals surface area (Å²) < 4.78 is 10.1. The maximum absolute atomic E-state index is 12.3. The van der Waals surface area contributed by atoms with Crippen LogP contribution in [0.15, 0.2) is 22.9 Å². The zero-order chi connectivity index (χ0) is 18.5. The van der Waals surface area contributed by atoms with Gasteiger partial charge in [0.05, 0.1) is 18.6 Å². The van der Waals surface area contributed by atoms with Crippen molar-refractivity contribution in [3.8, 4) is 0 Å². The van der Waals surface area contributed by atoms with Crippen molar-refractivity contribution < 1.29 is 23.9 Å². The number of nitrogens with one attached hydrogen (secondary N) is 1. The van der Waals surface area contributed by atoms with Gasteiger partial charge in [-0.15, -0.1) is 22.7 Å². The van der Waals surface area contributed by atoms with Crippen molar-refractivity contribution in [1.82, 2.24) is 0 Å². The topological polar surface area (TPSA) is 81.7 Å². The lowest BCUT2D eigenvalue weighted by atomic mass is 10.1. The number of thiophene rings is 2. The van der Waals surface area contributed by atoms with Crippen LogP contribution in [0.25, 0.3) is 0 Å². The van der Waals surface area contributed by atoms with Crippen LogP contribution >= 0.6 is 22.7 Å². The van der Waals surface area contributed by atoms with Crippen LogP contribution in [0, 0.1) is 0 Å². The van der Waals surface area contributed by atoms with Gasteiger partial charge in [-0.05, 0) is 48.1 Å². The van der Waals surface area contributed by atoms with Crippen LogP contribution in [-0.2, 0) is 25.5 Å². The van der Waals surface area contributed by atoms with E-state index in [9.17, 15) is 14.4 Å². The molecule has 1 fully saturated rings. The zero-order valence-electron chi connectivity index (χ0n) is 14.3. The summed E-state index contributed by atoms with van der Waals surface area (Å²) in [5, 5.41) is 6.89. The number of carbonyl (C=O) groups is 3. The van der Waals surface area contributed by atoms with E-state index >= 15 is 0 Å². The van der Waals surface area contributed by atoms with Crippen LogP contribution in [-0.4, -0.2) is 31.1 Å². The molecule has 0 aromatic carbocycles. The highest BCUT2D eigenvalue weighted by atomic mass is 32.1. The SMILES string of the molecule is CCOC(=O)c1c(C2CC2)csc1NC(=O)COC(=O)Cc1cccs1. The number of amides is 1. The Labute approximate surface area is 159 Å². The molecule has 2 aromatic heterocycles. The molecule has 26 heavy (non-hydrogen) atoms. The summed E-state index contributed by atoms with van der Waals surface area (Å²) in [7, 11) is 0. The van der Waals surface area contributed by atoms with Gasteiger partial charge in [0, 0.05) is 4.88 Å². The molecule has 0 aliphatic heterocycles. The van der Waals surface area contributed by atoms with Crippen molar-refractivity contribution in [3.63, 3.8) is 0 Å². The van der Waals surface area contributed by atoms with E-state index in [-0.39, 0.29) is 19.6 Å². The van der Waals surface area contributed by atoms with E-state index in [2.05, 4.69) is 5.32 Å². The lowest BCUT2D eigenvalue weighted by Gasteiger charge is -2.08. The van der Waals surface area contributed by atoms with Crippen molar-refractivity contribution >= 4 is 45.5 Å². The van der Waals surface area contributed by atoms with Gasteiger partial charge in [0.1, 0.15) is 5.00 Å². The van der Waals surface area contributed by atoms with Gasteiger partial charge >= 0.3 is 11.9 Å². The van der Waals surface area contributed by atoms with Gasteiger partial charge in [0.15, 0.2) is 6.61 Å². The van der Waals surface area contributed by atoms with Gasteiger partial charge < -0.3 is 14.8 Å². The minimum Gasteiger partial charge on any atom is -0.462 e. The third-order valence-electron chi connectivity index (χ3n) is 3.83. The molecule has 0 bridgehead atoms. The number of anilines is 1. The molecule has 1 aliphatic carbocycles. The zero-order valence-corrected chi connectivity index (χ0v) is 15.9. The third-order valence-corrected chi connectivity index (χ3v) is 5.62. The lowest BCUT2D eigenvalue weighted by Crippen LogP contribution is -2.22. The Balaban J connectivity index is 1.58. The standard InChI is InChI=1S/C18H19NO5S2/c1-2-23-18(22)16-13(11-5-6-11)10-26-17(16)19-14(20)9-24-15(21)8-12-4-3-7-25-12/h3-4,7,10-11H,2,5-6,8-9H2,1H3,(H,19,20). The molecule has 1 N–H and O–H groups in total. The smallest absolute Gasteiger partial charge is 0.341 e. The second-order valence-corrected chi connectivity index (χ2v) is 7.77. The van der Waals surface area contributed by atoms with E-state index in [0.29, 0.717) is 16.5 Å². The first-order valence-corrected chi connectivity index (χ1v) is 10.1. The van der Waals surface area contributed by atoms with E-state index < -0.39 is 17.8 Å². The molecule has 0 radical (unpaired) electrons. The molecule has 6 nitrogen and oxygen atoms in total. The van der Waals surface area contributed by atoms with E-state index in [1.165, 1.54) is 22.7 Å². The summed E-state index contributed by atoms with van der Waals surface area (Å²) in [6, 6.07) is 3.69. The number of ether oxygens (including phenoxy) is 2. The number of carbonyl (C=O) groups excluding carboxylic acids is 3. The summed E-state index contributed by atoms with van der Waals surface area (Å²) in [6.45, 7) is 1.63. The van der Waals surface area contributed by atoms with Crippen LogP contribution in [0.2, 0.25) is 0 Å². The molecule has 1 saturated carbocycles. The maximum Gasteiger partial charge on any atom is 0.341 e. The van der Waals surface area contributed by atoms with Crippen molar-refractivity contribution in [2.75, 3.05) is 18.5 Å². The van der Waals surface area contributed by atoms with E-state index in [0.717, 1.165) is 23.3 Å². The third kappa shape index (κ3) is 4.70. The van der Waals surface area contributed by atoms with Crippen LogP contribution in [0.1, 0.15) is 46.5 Å². The average Bonchev–Trinajstić information content (AvgIpc) is 3.17. The van der Waals surface area contributed by atoms with Gasteiger partial charge in [-0.2, -0.15) is 0 Å². The van der Waals surface area contributed by atoms with Gasteiger partial charge in [-0.1, -0.05) is 6.07 Å². The molecule has 8 heteroatoms. The Hall–Kier alpha value is -2.19. The molecule has 0 atom stereocenters. The molecular formula is C18H19NO5S2. The normalized spacial score (nSPS) is 13.3. The molecule has 2 aromatic rings. The number of rotatable bonds is 8. The molecule has 0 unspecified atom stereocenters. The van der Waals surface area contributed by atoms with E-state index in [1.54, 1.807) is 6.92 Å². The Morgan fingerprint density at radius 3 is 2.69 bits per heavy atom. The molecule has 138 valence electrons. The van der Waals surface area contributed by atoms with Crippen LogP contribution in [0.3, 0.4) is 0 Å². The second-order valence-electron chi connectivity index (χ2n) is 5.85. The quantitative estimate of drug-likeness (QED) is 0.693. The lowest BCUT2D eigenvalue weighted by molar-refractivity contribution is -0.146. The molecule has 3 rings (SSSR count). The summed E-state index contributed by atoms with van der Waals surface area (Å²) in [4.78, 5) is 37.0. The molecular weight excluding hydrogens is 374 g/mol. The summed E-state index contributed by atoms with van der Waals surface area (Å²) in [5.74, 6) is -1.00. The minimum atomic E-state index is -0.473. The Morgan fingerprint density at radius 1 is 1.23 bits per heavy atom. The number of esters is 2. The summed E-state index contributed by atoms with van der Waals surface area (Å²) in [5.41, 5.74) is 1.36. The van der Waals surface area contributed by atoms with E-state index in [1.807, 2.05) is 22.9 Å². The van der Waals surface area contributed by atoms with Gasteiger partial charge in [0.25, 0.3) is 5.91 Å². The fourth-order valence-electron chi connectivity index (χ4n) is 2.49. The molecule has 1 aliphatic rings. The van der Waals surface area contributed by atoms with Gasteiger partial charge in [0.2, 0.25) is 0 Å². The minimum absolute atomic E-state index is 0.143. The van der Waals surface area contributed by atoms with Gasteiger partial charge in [-0.25, -0.2) is 4.79 Å². The fraction of sp³-hybridized carbons (Fsp3) is 0.389. The number of hydrogen-bond acceptors (Lipinski definition) is 7. The first kappa shape index (κ1) is 18.6. The monoisotopic (exact) mass is 393 g/mol. The fourth-order valence-corrected chi connectivity index (χ4v) is 4.22.